The van der Waals surface area contributed by atoms with Crippen molar-refractivity contribution >= 4 is 5.82 Å². The lowest BCUT2D eigenvalue weighted by atomic mass is 10.2. The van der Waals surface area contributed by atoms with Gasteiger partial charge in [-0.3, -0.25) is 0 Å². The molecule has 0 spiro atoms. The highest BCUT2D eigenvalue weighted by atomic mass is 16.3. The normalized spacial score (nSPS) is 16.3. The van der Waals surface area contributed by atoms with E-state index in [0.717, 1.165) is 30.2 Å². The highest BCUT2D eigenvalue weighted by Crippen LogP contribution is 2.22. The van der Waals surface area contributed by atoms with E-state index in [1.54, 1.807) is 0 Å². The number of rotatable bonds is 2. The molecule has 0 atom stereocenters. The molecule has 2 rings (SSSR count). The van der Waals surface area contributed by atoms with Crippen LogP contribution in [0.15, 0.2) is 6.33 Å². The molecule has 1 fully saturated rings. The summed E-state index contributed by atoms with van der Waals surface area (Å²) in [5.74, 6) is 0.988. The minimum absolute atomic E-state index is 0.00477. The lowest BCUT2D eigenvalue weighted by Gasteiger charge is -2.19. The van der Waals surface area contributed by atoms with Crippen LogP contribution in [0.25, 0.3) is 0 Å². The third-order valence-corrected chi connectivity index (χ3v) is 2.72. The summed E-state index contributed by atoms with van der Waals surface area (Å²) in [5.41, 5.74) is 1.75. The first-order valence-electron chi connectivity index (χ1n) is 4.99. The molecule has 0 saturated carbocycles. The highest BCUT2D eigenvalue weighted by molar-refractivity contribution is 5.48. The average Bonchev–Trinajstić information content (AvgIpc) is 2.71. The number of hydrogen-bond donors (Lipinski definition) is 1. The molecule has 76 valence electrons. The zero-order valence-corrected chi connectivity index (χ0v) is 8.40. The average molecular weight is 193 g/mol. The molecule has 1 aromatic heterocycles. The minimum atomic E-state index is -0.00477. The van der Waals surface area contributed by atoms with Gasteiger partial charge in [-0.1, -0.05) is 0 Å². The van der Waals surface area contributed by atoms with Gasteiger partial charge in [0.05, 0.1) is 12.3 Å². The van der Waals surface area contributed by atoms with E-state index in [1.807, 2.05) is 6.92 Å². The van der Waals surface area contributed by atoms with Gasteiger partial charge in [-0.15, -0.1) is 0 Å². The first-order valence-corrected chi connectivity index (χ1v) is 4.99. The standard InChI is InChI=1S/C10H15N3O/c1-8-9(6-14)11-7-12-10(8)13-4-2-3-5-13/h7,14H,2-6H2,1H3. The summed E-state index contributed by atoms with van der Waals surface area (Å²) >= 11 is 0. The topological polar surface area (TPSA) is 49.3 Å². The molecule has 1 saturated heterocycles. The zero-order valence-electron chi connectivity index (χ0n) is 8.40. The zero-order chi connectivity index (χ0) is 9.97. The Kier molecular flexibility index (Phi) is 2.63. The molecule has 0 aliphatic carbocycles. The fourth-order valence-corrected chi connectivity index (χ4v) is 1.88. The molecule has 0 unspecified atom stereocenters. The molecule has 4 nitrogen and oxygen atoms in total. The van der Waals surface area contributed by atoms with Crippen LogP contribution in [0.2, 0.25) is 0 Å². The van der Waals surface area contributed by atoms with Crippen LogP contribution in [0.4, 0.5) is 5.82 Å². The maximum Gasteiger partial charge on any atom is 0.135 e. The van der Waals surface area contributed by atoms with Gasteiger partial charge in [-0.2, -0.15) is 0 Å². The summed E-state index contributed by atoms with van der Waals surface area (Å²) in [5, 5.41) is 9.08. The third kappa shape index (κ3) is 1.57. The van der Waals surface area contributed by atoms with Crippen LogP contribution in [0.3, 0.4) is 0 Å². The number of nitrogens with zero attached hydrogens (tertiary/aromatic N) is 3. The minimum Gasteiger partial charge on any atom is -0.390 e. The third-order valence-electron chi connectivity index (χ3n) is 2.72. The van der Waals surface area contributed by atoms with E-state index in [-0.39, 0.29) is 6.61 Å². The molecule has 0 radical (unpaired) electrons. The molecule has 1 aliphatic rings. The molecular formula is C10H15N3O. The Labute approximate surface area is 83.6 Å². The Morgan fingerprint density at radius 2 is 2.07 bits per heavy atom. The quantitative estimate of drug-likeness (QED) is 0.757. The fourth-order valence-electron chi connectivity index (χ4n) is 1.88. The number of aliphatic hydroxyl groups is 1. The SMILES string of the molecule is Cc1c(CO)ncnc1N1CCCC1. The van der Waals surface area contributed by atoms with Crippen LogP contribution in [-0.2, 0) is 6.61 Å². The van der Waals surface area contributed by atoms with Crippen molar-refractivity contribution in [3.8, 4) is 0 Å². The van der Waals surface area contributed by atoms with Crippen LogP contribution in [0, 0.1) is 6.92 Å². The Balaban J connectivity index is 2.32. The number of hydrogen-bond acceptors (Lipinski definition) is 4. The molecule has 4 heteroatoms. The molecule has 1 aliphatic heterocycles. The van der Waals surface area contributed by atoms with Crippen molar-refractivity contribution in [2.24, 2.45) is 0 Å². The first-order chi connectivity index (χ1) is 6.83. The lowest BCUT2D eigenvalue weighted by Crippen LogP contribution is -2.21. The fraction of sp³-hybridized carbons (Fsp3) is 0.600. The number of aromatic nitrogens is 2. The predicted octanol–water partition coefficient (Wildman–Crippen LogP) is 0.878. The van der Waals surface area contributed by atoms with Gasteiger partial charge in [0.2, 0.25) is 0 Å². The van der Waals surface area contributed by atoms with Gasteiger partial charge in [0.1, 0.15) is 12.1 Å². The molecule has 14 heavy (non-hydrogen) atoms. The van der Waals surface area contributed by atoms with Gasteiger partial charge in [0.25, 0.3) is 0 Å². The number of aliphatic hydroxyl groups excluding tert-OH is 1. The van der Waals surface area contributed by atoms with E-state index in [9.17, 15) is 0 Å². The van der Waals surface area contributed by atoms with Crippen molar-refractivity contribution in [3.05, 3.63) is 17.6 Å². The maximum atomic E-state index is 9.08. The smallest absolute Gasteiger partial charge is 0.135 e. The summed E-state index contributed by atoms with van der Waals surface area (Å²) in [6.07, 6.45) is 4.00. The van der Waals surface area contributed by atoms with Crippen LogP contribution >= 0.6 is 0 Å². The van der Waals surface area contributed by atoms with Crippen molar-refractivity contribution < 1.29 is 5.11 Å². The monoisotopic (exact) mass is 193 g/mol. The summed E-state index contributed by atoms with van der Waals surface area (Å²) in [7, 11) is 0. The predicted molar refractivity (Wildman–Crippen MR) is 54.1 cm³/mol. The van der Waals surface area contributed by atoms with Gasteiger partial charge >= 0.3 is 0 Å². The van der Waals surface area contributed by atoms with Crippen molar-refractivity contribution in [1.29, 1.82) is 0 Å². The molecule has 2 heterocycles. The summed E-state index contributed by atoms with van der Waals surface area (Å²) in [6, 6.07) is 0. The van der Waals surface area contributed by atoms with Crippen molar-refractivity contribution in [1.82, 2.24) is 9.97 Å². The van der Waals surface area contributed by atoms with Crippen molar-refractivity contribution in [3.63, 3.8) is 0 Å². The molecule has 1 aromatic rings. The molecule has 0 amide bonds. The molecule has 0 bridgehead atoms. The lowest BCUT2D eigenvalue weighted by molar-refractivity contribution is 0.275. The van der Waals surface area contributed by atoms with Gasteiger partial charge in [0.15, 0.2) is 0 Å². The first kappa shape index (κ1) is 9.40. The Hall–Kier alpha value is -1.16. The summed E-state index contributed by atoms with van der Waals surface area (Å²) in [4.78, 5) is 10.6. The van der Waals surface area contributed by atoms with E-state index in [1.165, 1.54) is 19.2 Å². The van der Waals surface area contributed by atoms with Crippen molar-refractivity contribution in [2.45, 2.75) is 26.4 Å². The number of anilines is 1. The second-order valence-corrected chi connectivity index (χ2v) is 3.62. The Morgan fingerprint density at radius 1 is 1.36 bits per heavy atom. The van der Waals surface area contributed by atoms with E-state index in [0.29, 0.717) is 0 Å². The van der Waals surface area contributed by atoms with Crippen LogP contribution in [-0.4, -0.2) is 28.2 Å². The summed E-state index contributed by atoms with van der Waals surface area (Å²) in [6.45, 7) is 4.11. The van der Waals surface area contributed by atoms with Crippen molar-refractivity contribution in [2.75, 3.05) is 18.0 Å². The van der Waals surface area contributed by atoms with E-state index in [4.69, 9.17) is 5.11 Å². The second-order valence-electron chi connectivity index (χ2n) is 3.62. The molecule has 1 N–H and O–H groups in total. The van der Waals surface area contributed by atoms with Gasteiger partial charge in [-0.05, 0) is 19.8 Å². The van der Waals surface area contributed by atoms with E-state index in [2.05, 4.69) is 14.9 Å². The van der Waals surface area contributed by atoms with E-state index >= 15 is 0 Å². The largest absolute Gasteiger partial charge is 0.390 e. The van der Waals surface area contributed by atoms with E-state index < -0.39 is 0 Å². The highest BCUT2D eigenvalue weighted by Gasteiger charge is 2.17. The van der Waals surface area contributed by atoms with Crippen LogP contribution < -0.4 is 4.90 Å². The molecule has 0 aromatic carbocycles. The van der Waals surface area contributed by atoms with Gasteiger partial charge < -0.3 is 10.0 Å². The molecular weight excluding hydrogens is 178 g/mol. The maximum absolute atomic E-state index is 9.08. The Bertz CT molecular complexity index is 321. The Morgan fingerprint density at radius 3 is 2.71 bits per heavy atom. The van der Waals surface area contributed by atoms with Gasteiger partial charge in [-0.25, -0.2) is 9.97 Å². The van der Waals surface area contributed by atoms with Crippen LogP contribution in [0.5, 0.6) is 0 Å². The summed E-state index contributed by atoms with van der Waals surface area (Å²) < 4.78 is 0. The van der Waals surface area contributed by atoms with Crippen LogP contribution in [0.1, 0.15) is 24.1 Å². The van der Waals surface area contributed by atoms with Gasteiger partial charge in [0, 0.05) is 18.7 Å². The second kappa shape index (κ2) is 3.92.